The van der Waals surface area contributed by atoms with Gasteiger partial charge in [0.05, 0.1) is 11.1 Å². The second-order valence-corrected chi connectivity index (χ2v) is 3.95. The second-order valence-electron chi connectivity index (χ2n) is 3.09. The Balaban J connectivity index is 2.68. The van der Waals surface area contributed by atoms with Crippen LogP contribution in [0.2, 0.25) is 0 Å². The fraction of sp³-hybridized carbons (Fsp3) is 0.364. The summed E-state index contributed by atoms with van der Waals surface area (Å²) in [5, 5.41) is 8.55. The first-order valence-electron chi connectivity index (χ1n) is 4.76. The van der Waals surface area contributed by atoms with Gasteiger partial charge in [-0.2, -0.15) is 0 Å². The van der Waals surface area contributed by atoms with E-state index in [1.165, 1.54) is 0 Å². The Morgan fingerprint density at radius 3 is 2.80 bits per heavy atom. The molecule has 0 spiro atoms. The molecule has 0 radical (unpaired) electrons. The number of halogens is 1. The van der Waals surface area contributed by atoms with E-state index in [4.69, 9.17) is 9.84 Å². The van der Waals surface area contributed by atoms with Crippen molar-refractivity contribution in [1.82, 2.24) is 0 Å². The fourth-order valence-corrected chi connectivity index (χ4v) is 1.76. The lowest BCUT2D eigenvalue weighted by Gasteiger charge is -2.07. The van der Waals surface area contributed by atoms with Crippen LogP contribution in [0, 0.1) is 0 Å². The van der Waals surface area contributed by atoms with E-state index in [0.717, 1.165) is 15.8 Å². The van der Waals surface area contributed by atoms with Gasteiger partial charge in [-0.25, -0.2) is 0 Å². The predicted molar refractivity (Wildman–Crippen MR) is 61.3 cm³/mol. The number of hydrogen-bond donors (Lipinski definition) is 1. The van der Waals surface area contributed by atoms with Crippen LogP contribution in [0.3, 0.4) is 0 Å². The van der Waals surface area contributed by atoms with Crippen LogP contribution in [0.1, 0.15) is 18.9 Å². The summed E-state index contributed by atoms with van der Waals surface area (Å²) in [6.45, 7) is 2.54. The molecule has 0 fully saturated rings. The zero-order valence-corrected chi connectivity index (χ0v) is 10.1. The van der Waals surface area contributed by atoms with Crippen LogP contribution >= 0.6 is 15.9 Å². The lowest BCUT2D eigenvalue weighted by atomic mass is 10.1. The smallest absolute Gasteiger partial charge is 0.303 e. The minimum Gasteiger partial charge on any atom is -0.493 e. The SMILES string of the molecule is CCOc1ccc(CCC(=O)O)cc1Br. The van der Waals surface area contributed by atoms with Crippen LogP contribution in [0.15, 0.2) is 22.7 Å². The normalized spacial score (nSPS) is 10.0. The van der Waals surface area contributed by atoms with Gasteiger partial charge in [0.25, 0.3) is 0 Å². The van der Waals surface area contributed by atoms with Crippen molar-refractivity contribution in [2.45, 2.75) is 19.8 Å². The van der Waals surface area contributed by atoms with E-state index in [2.05, 4.69) is 15.9 Å². The summed E-state index contributed by atoms with van der Waals surface area (Å²) in [6.07, 6.45) is 0.695. The topological polar surface area (TPSA) is 46.5 Å². The van der Waals surface area contributed by atoms with Crippen molar-refractivity contribution in [1.29, 1.82) is 0 Å². The number of benzene rings is 1. The summed E-state index contributed by atoms with van der Waals surface area (Å²) in [6, 6.07) is 5.64. The first-order chi connectivity index (χ1) is 7.13. The fourth-order valence-electron chi connectivity index (χ4n) is 1.22. The van der Waals surface area contributed by atoms with Crippen molar-refractivity contribution in [2.75, 3.05) is 6.61 Å². The van der Waals surface area contributed by atoms with Crippen molar-refractivity contribution in [3.05, 3.63) is 28.2 Å². The molecule has 1 rings (SSSR count). The molecule has 1 aromatic carbocycles. The third-order valence-corrected chi connectivity index (χ3v) is 2.54. The van der Waals surface area contributed by atoms with Gasteiger partial charge in [0.1, 0.15) is 5.75 Å². The Morgan fingerprint density at radius 1 is 1.53 bits per heavy atom. The molecule has 0 saturated heterocycles. The van der Waals surface area contributed by atoms with Crippen LogP contribution in [0.4, 0.5) is 0 Å². The molecule has 82 valence electrons. The lowest BCUT2D eigenvalue weighted by Crippen LogP contribution is -1.98. The Kier molecular flexibility index (Phi) is 4.62. The number of carboxylic acid groups (broad SMARTS) is 1. The van der Waals surface area contributed by atoms with Crippen molar-refractivity contribution in [3.8, 4) is 5.75 Å². The highest BCUT2D eigenvalue weighted by atomic mass is 79.9. The molecular formula is C11H13BrO3. The number of rotatable bonds is 5. The Bertz CT molecular complexity index is 350. The summed E-state index contributed by atoms with van der Waals surface area (Å²) in [5.74, 6) is 0.0107. The molecule has 0 aliphatic carbocycles. The van der Waals surface area contributed by atoms with Crippen LogP contribution in [-0.2, 0) is 11.2 Å². The Labute approximate surface area is 97.2 Å². The molecule has 0 saturated carbocycles. The third kappa shape index (κ3) is 3.91. The summed E-state index contributed by atoms with van der Waals surface area (Å²) in [4.78, 5) is 10.4. The van der Waals surface area contributed by atoms with E-state index in [1.54, 1.807) is 0 Å². The average Bonchev–Trinajstić information content (AvgIpc) is 2.19. The summed E-state index contributed by atoms with van der Waals surface area (Å²) in [7, 11) is 0. The van der Waals surface area contributed by atoms with E-state index < -0.39 is 5.97 Å². The highest BCUT2D eigenvalue weighted by Gasteiger charge is 2.03. The van der Waals surface area contributed by atoms with Crippen LogP contribution in [-0.4, -0.2) is 17.7 Å². The highest BCUT2D eigenvalue weighted by Crippen LogP contribution is 2.26. The molecule has 0 aromatic heterocycles. The lowest BCUT2D eigenvalue weighted by molar-refractivity contribution is -0.136. The minimum atomic E-state index is -0.778. The van der Waals surface area contributed by atoms with Gasteiger partial charge >= 0.3 is 5.97 Å². The average molecular weight is 273 g/mol. The Hall–Kier alpha value is -1.03. The molecule has 0 aliphatic heterocycles. The monoisotopic (exact) mass is 272 g/mol. The van der Waals surface area contributed by atoms with E-state index >= 15 is 0 Å². The Morgan fingerprint density at radius 2 is 2.27 bits per heavy atom. The molecule has 4 heteroatoms. The molecule has 0 heterocycles. The van der Waals surface area contributed by atoms with Gasteiger partial charge in [0.2, 0.25) is 0 Å². The minimum absolute atomic E-state index is 0.153. The number of hydrogen-bond acceptors (Lipinski definition) is 2. The summed E-state index contributed by atoms with van der Waals surface area (Å²) >= 11 is 3.38. The standard InChI is InChI=1S/C11H13BrO3/c1-2-15-10-5-3-8(7-9(10)12)4-6-11(13)14/h3,5,7H,2,4,6H2,1H3,(H,13,14). The molecule has 1 aromatic rings. The molecule has 3 nitrogen and oxygen atoms in total. The molecule has 0 atom stereocenters. The number of carboxylic acids is 1. The van der Waals surface area contributed by atoms with Gasteiger partial charge in [-0.15, -0.1) is 0 Å². The van der Waals surface area contributed by atoms with E-state index in [-0.39, 0.29) is 6.42 Å². The number of aryl methyl sites for hydroxylation is 1. The number of aliphatic carboxylic acids is 1. The van der Waals surface area contributed by atoms with Crippen LogP contribution < -0.4 is 4.74 Å². The first-order valence-corrected chi connectivity index (χ1v) is 5.55. The molecule has 0 unspecified atom stereocenters. The van der Waals surface area contributed by atoms with Crippen molar-refractivity contribution in [3.63, 3.8) is 0 Å². The van der Waals surface area contributed by atoms with Crippen molar-refractivity contribution >= 4 is 21.9 Å². The number of ether oxygens (including phenoxy) is 1. The quantitative estimate of drug-likeness (QED) is 0.897. The summed E-state index contributed by atoms with van der Waals surface area (Å²) < 4.78 is 6.22. The zero-order chi connectivity index (χ0) is 11.3. The predicted octanol–water partition coefficient (Wildman–Crippen LogP) is 2.87. The van der Waals surface area contributed by atoms with Crippen LogP contribution in [0.5, 0.6) is 5.75 Å². The summed E-state index contributed by atoms with van der Waals surface area (Å²) in [5.41, 5.74) is 0.993. The van der Waals surface area contributed by atoms with Gasteiger partial charge in [-0.1, -0.05) is 6.07 Å². The van der Waals surface area contributed by atoms with Gasteiger partial charge in [0.15, 0.2) is 0 Å². The maximum absolute atomic E-state index is 10.4. The maximum Gasteiger partial charge on any atom is 0.303 e. The largest absolute Gasteiger partial charge is 0.493 e. The van der Waals surface area contributed by atoms with E-state index in [9.17, 15) is 4.79 Å². The maximum atomic E-state index is 10.4. The molecular weight excluding hydrogens is 260 g/mol. The molecule has 1 N–H and O–H groups in total. The molecule has 0 bridgehead atoms. The molecule has 0 amide bonds. The van der Waals surface area contributed by atoms with E-state index in [0.29, 0.717) is 13.0 Å². The van der Waals surface area contributed by atoms with Crippen molar-refractivity contribution < 1.29 is 14.6 Å². The van der Waals surface area contributed by atoms with E-state index in [1.807, 2.05) is 25.1 Å². The second kappa shape index (κ2) is 5.75. The molecule has 15 heavy (non-hydrogen) atoms. The third-order valence-electron chi connectivity index (χ3n) is 1.92. The van der Waals surface area contributed by atoms with Crippen LogP contribution in [0.25, 0.3) is 0 Å². The highest BCUT2D eigenvalue weighted by molar-refractivity contribution is 9.10. The number of carbonyl (C=O) groups is 1. The van der Waals surface area contributed by atoms with Crippen molar-refractivity contribution in [2.24, 2.45) is 0 Å². The van der Waals surface area contributed by atoms with Gasteiger partial charge in [-0.3, -0.25) is 4.79 Å². The zero-order valence-electron chi connectivity index (χ0n) is 8.50. The van der Waals surface area contributed by atoms with Gasteiger partial charge in [0, 0.05) is 6.42 Å². The van der Waals surface area contributed by atoms with Gasteiger partial charge in [-0.05, 0) is 47.0 Å². The van der Waals surface area contributed by atoms with Gasteiger partial charge < -0.3 is 9.84 Å². The first kappa shape index (κ1) is 12.0. The molecule has 0 aliphatic rings.